The number of Topliss-reactive ketones (excluding diaryl/α,β-unsaturated/α-hetero) is 1. The molecule has 0 bridgehead atoms. The molecule has 0 amide bonds. The number of carbonyl (C=O) groups excluding carboxylic acids is 2. The fourth-order valence-corrected chi connectivity index (χ4v) is 2.75. The van der Waals surface area contributed by atoms with Gasteiger partial charge in [0.15, 0.2) is 5.78 Å². The number of ether oxygens (including phenoxy) is 1. The molecule has 0 aliphatic heterocycles. The van der Waals surface area contributed by atoms with Gasteiger partial charge >= 0.3 is 5.97 Å². The van der Waals surface area contributed by atoms with Crippen molar-refractivity contribution in [2.24, 2.45) is 0 Å². The molecule has 26 heavy (non-hydrogen) atoms. The van der Waals surface area contributed by atoms with Gasteiger partial charge < -0.3 is 9.84 Å². The van der Waals surface area contributed by atoms with Crippen LogP contribution in [0.2, 0.25) is 0 Å². The van der Waals surface area contributed by atoms with Gasteiger partial charge in [-0.3, -0.25) is 9.59 Å². The van der Waals surface area contributed by atoms with E-state index in [2.05, 4.69) is 4.98 Å². The third-order valence-electron chi connectivity index (χ3n) is 4.03. The molecule has 0 aliphatic carbocycles. The minimum atomic E-state index is -0.436. The Balaban J connectivity index is 1.86. The van der Waals surface area contributed by atoms with Crippen LogP contribution in [0.3, 0.4) is 0 Å². The summed E-state index contributed by atoms with van der Waals surface area (Å²) in [4.78, 5) is 27.9. The van der Waals surface area contributed by atoms with Crippen LogP contribution in [-0.2, 0) is 9.53 Å². The van der Waals surface area contributed by atoms with Crippen LogP contribution in [0.15, 0.2) is 54.6 Å². The number of hydrogen-bond acceptors (Lipinski definition) is 5. The molecule has 1 N–H and O–H groups in total. The molecule has 3 aromatic rings. The van der Waals surface area contributed by atoms with E-state index in [9.17, 15) is 14.7 Å². The first-order valence-electron chi connectivity index (χ1n) is 8.46. The van der Waals surface area contributed by atoms with Gasteiger partial charge in [0.25, 0.3) is 0 Å². The van der Waals surface area contributed by atoms with Crippen molar-refractivity contribution in [3.63, 3.8) is 0 Å². The Hall–Kier alpha value is -3.21. The third kappa shape index (κ3) is 3.88. The van der Waals surface area contributed by atoms with Crippen LogP contribution >= 0.6 is 0 Å². The molecule has 5 heteroatoms. The molecule has 1 aromatic heterocycles. The molecular weight excluding hydrogens is 330 g/mol. The second-order valence-corrected chi connectivity index (χ2v) is 5.86. The summed E-state index contributed by atoms with van der Waals surface area (Å²) in [5.74, 6) is -1.00. The van der Waals surface area contributed by atoms with Crippen molar-refractivity contribution in [3.05, 3.63) is 60.3 Å². The number of benzene rings is 2. The van der Waals surface area contributed by atoms with E-state index < -0.39 is 5.97 Å². The number of rotatable bonds is 6. The van der Waals surface area contributed by atoms with E-state index >= 15 is 0 Å². The van der Waals surface area contributed by atoms with Crippen LogP contribution < -0.4 is 0 Å². The SMILES string of the molecule is CCOC(=O)CCC(=O)c1nc2ccc(-c3ccccc3)cc2cc1O. The number of ketones is 1. The Kier molecular flexibility index (Phi) is 5.27. The second-order valence-electron chi connectivity index (χ2n) is 5.86. The summed E-state index contributed by atoms with van der Waals surface area (Å²) >= 11 is 0. The van der Waals surface area contributed by atoms with Gasteiger partial charge in [0, 0.05) is 11.8 Å². The number of fused-ring (bicyclic) bond motifs is 1. The minimum absolute atomic E-state index is 0.0192. The highest BCUT2D eigenvalue weighted by molar-refractivity contribution is 6.00. The van der Waals surface area contributed by atoms with Gasteiger partial charge in [-0.2, -0.15) is 0 Å². The summed E-state index contributed by atoms with van der Waals surface area (Å²) in [6, 6.07) is 17.1. The van der Waals surface area contributed by atoms with Crippen molar-refractivity contribution in [3.8, 4) is 16.9 Å². The number of esters is 1. The fraction of sp³-hybridized carbons (Fsp3) is 0.190. The molecule has 0 atom stereocenters. The van der Waals surface area contributed by atoms with Crippen LogP contribution in [0.4, 0.5) is 0 Å². The first kappa shape index (κ1) is 17.6. The predicted octanol–water partition coefficient (Wildman–Crippen LogP) is 4.13. The minimum Gasteiger partial charge on any atom is -0.506 e. The smallest absolute Gasteiger partial charge is 0.306 e. The lowest BCUT2D eigenvalue weighted by atomic mass is 10.0. The number of aromatic nitrogens is 1. The van der Waals surface area contributed by atoms with Crippen molar-refractivity contribution in [2.45, 2.75) is 19.8 Å². The highest BCUT2D eigenvalue weighted by Gasteiger charge is 2.16. The molecule has 0 fully saturated rings. The Morgan fingerprint density at radius 3 is 2.50 bits per heavy atom. The summed E-state index contributed by atoms with van der Waals surface area (Å²) in [6.07, 6.45) is -0.0776. The van der Waals surface area contributed by atoms with Crippen molar-refractivity contribution in [1.82, 2.24) is 4.98 Å². The van der Waals surface area contributed by atoms with Gasteiger partial charge in [-0.05, 0) is 36.2 Å². The molecule has 0 spiro atoms. The van der Waals surface area contributed by atoms with Gasteiger partial charge in [-0.15, -0.1) is 0 Å². The first-order chi connectivity index (χ1) is 12.6. The van der Waals surface area contributed by atoms with E-state index in [1.54, 1.807) is 6.92 Å². The van der Waals surface area contributed by atoms with E-state index in [-0.39, 0.29) is 36.7 Å². The first-order valence-corrected chi connectivity index (χ1v) is 8.46. The molecule has 1 heterocycles. The zero-order valence-corrected chi connectivity index (χ0v) is 14.4. The van der Waals surface area contributed by atoms with Crippen LogP contribution in [0, 0.1) is 0 Å². The van der Waals surface area contributed by atoms with E-state index in [1.165, 1.54) is 6.07 Å². The zero-order chi connectivity index (χ0) is 18.5. The highest BCUT2D eigenvalue weighted by Crippen LogP contribution is 2.28. The normalized spacial score (nSPS) is 10.7. The van der Waals surface area contributed by atoms with Crippen LogP contribution in [-0.4, -0.2) is 28.4 Å². The van der Waals surface area contributed by atoms with Crippen LogP contribution in [0.25, 0.3) is 22.0 Å². The monoisotopic (exact) mass is 349 g/mol. The predicted molar refractivity (Wildman–Crippen MR) is 99.0 cm³/mol. The average Bonchev–Trinajstić information content (AvgIpc) is 2.66. The van der Waals surface area contributed by atoms with Crippen LogP contribution in [0.1, 0.15) is 30.3 Å². The largest absolute Gasteiger partial charge is 0.506 e. The molecule has 3 rings (SSSR count). The molecule has 0 unspecified atom stereocenters. The lowest BCUT2D eigenvalue weighted by Gasteiger charge is -2.08. The summed E-state index contributed by atoms with van der Waals surface area (Å²) in [5.41, 5.74) is 2.65. The number of aromatic hydroxyl groups is 1. The molecule has 2 aromatic carbocycles. The summed E-state index contributed by atoms with van der Waals surface area (Å²) in [7, 11) is 0. The van der Waals surface area contributed by atoms with Crippen LogP contribution in [0.5, 0.6) is 5.75 Å². The standard InChI is InChI=1S/C21H19NO4/c1-2-26-20(25)11-10-18(23)21-19(24)13-16-12-15(8-9-17(16)22-21)14-6-4-3-5-7-14/h3-9,12-13,24H,2,10-11H2,1H3. The number of pyridine rings is 1. The Morgan fingerprint density at radius 1 is 1.00 bits per heavy atom. The van der Waals surface area contributed by atoms with E-state index in [0.29, 0.717) is 5.52 Å². The highest BCUT2D eigenvalue weighted by atomic mass is 16.5. The summed E-state index contributed by atoms with van der Waals surface area (Å²) < 4.78 is 4.81. The van der Waals surface area contributed by atoms with E-state index in [0.717, 1.165) is 16.5 Å². The maximum atomic E-state index is 12.3. The summed E-state index contributed by atoms with van der Waals surface area (Å²) in [6.45, 7) is 1.98. The molecule has 5 nitrogen and oxygen atoms in total. The van der Waals surface area contributed by atoms with E-state index in [4.69, 9.17) is 4.74 Å². The van der Waals surface area contributed by atoms with Gasteiger partial charge in [-0.25, -0.2) is 4.98 Å². The molecule has 0 saturated heterocycles. The van der Waals surface area contributed by atoms with Gasteiger partial charge in [0.2, 0.25) is 0 Å². The Labute approximate surface area is 151 Å². The fourth-order valence-electron chi connectivity index (χ4n) is 2.75. The van der Waals surface area contributed by atoms with E-state index in [1.807, 2.05) is 48.5 Å². The molecule has 0 saturated carbocycles. The lowest BCUT2D eigenvalue weighted by Crippen LogP contribution is -2.09. The van der Waals surface area contributed by atoms with Crippen molar-refractivity contribution in [2.75, 3.05) is 6.61 Å². The quantitative estimate of drug-likeness (QED) is 0.535. The number of hydrogen-bond donors (Lipinski definition) is 1. The zero-order valence-electron chi connectivity index (χ0n) is 14.4. The molecule has 0 aliphatic rings. The molecular formula is C21H19NO4. The topological polar surface area (TPSA) is 76.5 Å². The Bertz CT molecular complexity index is 951. The molecule has 0 radical (unpaired) electrons. The average molecular weight is 349 g/mol. The maximum Gasteiger partial charge on any atom is 0.306 e. The number of nitrogens with zero attached hydrogens (tertiary/aromatic N) is 1. The Morgan fingerprint density at radius 2 is 1.77 bits per heavy atom. The lowest BCUT2D eigenvalue weighted by molar-refractivity contribution is -0.143. The number of carbonyl (C=O) groups is 2. The maximum absolute atomic E-state index is 12.3. The van der Waals surface area contributed by atoms with Crippen molar-refractivity contribution >= 4 is 22.7 Å². The second kappa shape index (κ2) is 7.78. The third-order valence-corrected chi connectivity index (χ3v) is 4.03. The van der Waals surface area contributed by atoms with Gasteiger partial charge in [0.1, 0.15) is 11.4 Å². The van der Waals surface area contributed by atoms with Gasteiger partial charge in [0.05, 0.1) is 18.5 Å². The summed E-state index contributed by atoms with van der Waals surface area (Å²) in [5, 5.41) is 11.0. The van der Waals surface area contributed by atoms with Gasteiger partial charge in [-0.1, -0.05) is 36.4 Å². The van der Waals surface area contributed by atoms with Crippen molar-refractivity contribution < 1.29 is 19.4 Å². The van der Waals surface area contributed by atoms with Crippen molar-refractivity contribution in [1.29, 1.82) is 0 Å². The molecule has 132 valence electrons.